The number of carbonyl (C=O) groups is 3. The molecule has 2 amide bonds. The molecule has 0 radical (unpaired) electrons. The van der Waals surface area contributed by atoms with Crippen molar-refractivity contribution >= 4 is 23.6 Å². The van der Waals surface area contributed by atoms with E-state index in [9.17, 15) is 41.9 Å². The van der Waals surface area contributed by atoms with Crippen LogP contribution in [0.4, 0.5) is 26.7 Å². The number of nitrogens with one attached hydrogen (secondary N) is 1. The quantitative estimate of drug-likeness (QED) is 0.176. The molecule has 2 aromatic heterocycles. The molecule has 260 valence electrons. The molecule has 0 spiro atoms. The predicted molar refractivity (Wildman–Crippen MR) is 165 cm³/mol. The number of aromatic nitrogens is 2. The van der Waals surface area contributed by atoms with Crippen molar-refractivity contribution in [2.24, 2.45) is 0 Å². The Morgan fingerprint density at radius 1 is 1.04 bits per heavy atom. The standard InChI is InChI=1S/C31H31F2N5O4.C2HF3O2/c1-18-13-26(42-17-22-23(32)7-6-8-24(22)33)28-35-19(2)27(37(28)15-18)29(39)36-25(16-38(30(40)41)31(3,4)5)21-11-9-20(14-34)10-12-21;3-2(4,5)1(6)7/h6-13,15,25H,16-17H2,1-5H3,(H,36,39)(H,40,41);(H,6,7). The summed E-state index contributed by atoms with van der Waals surface area (Å²) in [6.45, 7) is 8.24. The highest BCUT2D eigenvalue weighted by Crippen LogP contribution is 2.27. The first-order chi connectivity index (χ1) is 22.7. The SMILES string of the molecule is Cc1cc(OCc2c(F)cccc2F)c2nc(C)c(C(=O)NC(CN(C(=O)O)C(C)(C)C)c3ccc(C#N)cc3)n2c1.O=C(O)C(F)(F)F. The lowest BCUT2D eigenvalue weighted by molar-refractivity contribution is -0.192. The van der Waals surface area contributed by atoms with E-state index in [0.29, 0.717) is 22.4 Å². The molecule has 2 heterocycles. The van der Waals surface area contributed by atoms with Crippen molar-refractivity contribution in [2.75, 3.05) is 6.54 Å². The molecule has 1 unspecified atom stereocenters. The second-order valence-corrected chi connectivity index (χ2v) is 11.7. The van der Waals surface area contributed by atoms with Crippen molar-refractivity contribution in [3.63, 3.8) is 0 Å². The number of amides is 2. The zero-order valence-corrected chi connectivity index (χ0v) is 26.9. The van der Waals surface area contributed by atoms with Gasteiger partial charge in [-0.25, -0.2) is 23.4 Å². The van der Waals surface area contributed by atoms with Gasteiger partial charge >= 0.3 is 18.2 Å². The summed E-state index contributed by atoms with van der Waals surface area (Å²) in [7, 11) is 0. The van der Waals surface area contributed by atoms with Gasteiger partial charge in [0.25, 0.3) is 5.91 Å². The van der Waals surface area contributed by atoms with Gasteiger partial charge in [0.2, 0.25) is 0 Å². The lowest BCUT2D eigenvalue weighted by Gasteiger charge is -2.36. The summed E-state index contributed by atoms with van der Waals surface area (Å²) in [5, 5.41) is 29.2. The summed E-state index contributed by atoms with van der Waals surface area (Å²) in [5.41, 5.74) is 1.56. The third-order valence-electron chi connectivity index (χ3n) is 7.04. The number of pyridine rings is 1. The minimum atomic E-state index is -5.08. The van der Waals surface area contributed by atoms with Gasteiger partial charge in [-0.05, 0) is 76.1 Å². The topological polar surface area (TPSA) is 157 Å². The maximum Gasteiger partial charge on any atom is 0.490 e. The Morgan fingerprint density at radius 3 is 2.10 bits per heavy atom. The average Bonchev–Trinajstić information content (AvgIpc) is 3.33. The Bertz CT molecular complexity index is 1880. The first-order valence-electron chi connectivity index (χ1n) is 14.4. The number of aliphatic carboxylic acids is 1. The van der Waals surface area contributed by atoms with Crippen molar-refractivity contribution in [1.29, 1.82) is 5.26 Å². The molecule has 0 saturated carbocycles. The van der Waals surface area contributed by atoms with E-state index in [0.717, 1.165) is 12.1 Å². The molecule has 0 aliphatic carbocycles. The van der Waals surface area contributed by atoms with E-state index in [1.54, 1.807) is 75.5 Å². The molecule has 4 aromatic rings. The van der Waals surface area contributed by atoms with E-state index in [2.05, 4.69) is 10.3 Å². The molecule has 16 heteroatoms. The molecule has 0 fully saturated rings. The van der Waals surface area contributed by atoms with Gasteiger partial charge < -0.3 is 25.2 Å². The van der Waals surface area contributed by atoms with Gasteiger partial charge in [0, 0.05) is 18.3 Å². The maximum absolute atomic E-state index is 14.2. The normalized spacial score (nSPS) is 11.9. The zero-order chi connectivity index (χ0) is 36.8. The van der Waals surface area contributed by atoms with Gasteiger partial charge in [-0.3, -0.25) is 9.20 Å². The second kappa shape index (κ2) is 15.0. The van der Waals surface area contributed by atoms with Crippen molar-refractivity contribution in [1.82, 2.24) is 19.6 Å². The number of nitriles is 1. The number of rotatable bonds is 8. The number of alkyl halides is 3. The van der Waals surface area contributed by atoms with Gasteiger partial charge in [0.05, 0.1) is 28.9 Å². The molecule has 3 N–H and O–H groups in total. The van der Waals surface area contributed by atoms with Gasteiger partial charge in [0.15, 0.2) is 11.4 Å². The highest BCUT2D eigenvalue weighted by atomic mass is 19.4. The van der Waals surface area contributed by atoms with E-state index < -0.39 is 47.4 Å². The lowest BCUT2D eigenvalue weighted by Crippen LogP contribution is -2.49. The third-order valence-corrected chi connectivity index (χ3v) is 7.04. The van der Waals surface area contributed by atoms with Crippen LogP contribution in [0.25, 0.3) is 5.65 Å². The monoisotopic (exact) mass is 689 g/mol. The first-order valence-corrected chi connectivity index (χ1v) is 14.4. The predicted octanol–water partition coefficient (Wildman–Crippen LogP) is 6.56. The number of carbonyl (C=O) groups excluding carboxylic acids is 1. The van der Waals surface area contributed by atoms with Crippen LogP contribution in [0.3, 0.4) is 0 Å². The van der Waals surface area contributed by atoms with Crippen molar-refractivity contribution in [2.45, 2.75) is 59.0 Å². The lowest BCUT2D eigenvalue weighted by atomic mass is 10.0. The second-order valence-electron chi connectivity index (χ2n) is 11.7. The van der Waals surface area contributed by atoms with E-state index in [1.807, 2.05) is 6.07 Å². The Labute approximate surface area is 277 Å². The Kier molecular flexibility index (Phi) is 11.6. The van der Waals surface area contributed by atoms with Crippen LogP contribution in [0, 0.1) is 36.8 Å². The van der Waals surface area contributed by atoms with E-state index in [4.69, 9.17) is 14.6 Å². The van der Waals surface area contributed by atoms with Gasteiger partial charge in [-0.1, -0.05) is 18.2 Å². The van der Waals surface area contributed by atoms with Gasteiger partial charge in [-0.15, -0.1) is 0 Å². The van der Waals surface area contributed by atoms with Crippen molar-refractivity contribution < 1.29 is 51.3 Å². The average molecular weight is 690 g/mol. The zero-order valence-electron chi connectivity index (χ0n) is 26.9. The fraction of sp³-hybridized carbons (Fsp3) is 0.303. The number of hydrogen-bond donors (Lipinski definition) is 3. The number of benzene rings is 2. The summed E-state index contributed by atoms with van der Waals surface area (Å²) < 4.78 is 67.4. The molecule has 0 aliphatic heterocycles. The minimum Gasteiger partial charge on any atom is -0.485 e. The van der Waals surface area contributed by atoms with Crippen LogP contribution in [-0.4, -0.2) is 60.7 Å². The smallest absolute Gasteiger partial charge is 0.485 e. The molecule has 0 aliphatic rings. The van der Waals surface area contributed by atoms with Crippen molar-refractivity contribution in [3.05, 3.63) is 100 Å². The fourth-order valence-electron chi connectivity index (χ4n) is 4.63. The van der Waals surface area contributed by atoms with E-state index in [1.165, 1.54) is 11.0 Å². The molecule has 1 atom stereocenters. The van der Waals surface area contributed by atoms with Crippen LogP contribution in [0.5, 0.6) is 5.75 Å². The number of nitrogens with zero attached hydrogens (tertiary/aromatic N) is 4. The van der Waals surface area contributed by atoms with Crippen LogP contribution in [-0.2, 0) is 11.4 Å². The molecule has 0 saturated heterocycles. The van der Waals surface area contributed by atoms with E-state index in [-0.39, 0.29) is 35.8 Å². The number of carboxylic acid groups (broad SMARTS) is 2. The third kappa shape index (κ3) is 9.43. The van der Waals surface area contributed by atoms with Gasteiger partial charge in [0.1, 0.15) is 23.9 Å². The number of carboxylic acids is 1. The number of ether oxygens (including phenoxy) is 1. The highest BCUT2D eigenvalue weighted by molar-refractivity contribution is 5.95. The van der Waals surface area contributed by atoms with Crippen LogP contribution < -0.4 is 10.1 Å². The Balaban J connectivity index is 0.000000838. The first kappa shape index (κ1) is 37.7. The van der Waals surface area contributed by atoms with Crippen LogP contribution in [0.2, 0.25) is 0 Å². The Hall–Kier alpha value is -5.72. The minimum absolute atomic E-state index is 0.0617. The molecule has 11 nitrogen and oxygen atoms in total. The molecule has 4 rings (SSSR count). The summed E-state index contributed by atoms with van der Waals surface area (Å²) >= 11 is 0. The van der Waals surface area contributed by atoms with Crippen LogP contribution in [0.15, 0.2) is 54.7 Å². The number of halogens is 5. The molecule has 2 aromatic carbocycles. The van der Waals surface area contributed by atoms with Crippen molar-refractivity contribution in [3.8, 4) is 11.8 Å². The fourth-order valence-corrected chi connectivity index (χ4v) is 4.63. The number of aryl methyl sites for hydroxylation is 2. The van der Waals surface area contributed by atoms with Crippen LogP contribution in [0.1, 0.15) is 65.2 Å². The summed E-state index contributed by atoms with van der Waals surface area (Å²) in [6, 6.07) is 13.0. The van der Waals surface area contributed by atoms with E-state index >= 15 is 0 Å². The molecule has 0 bridgehead atoms. The van der Waals surface area contributed by atoms with Crippen LogP contribution >= 0.6 is 0 Å². The summed E-state index contributed by atoms with van der Waals surface area (Å²) in [6.07, 6.45) is -4.54. The largest absolute Gasteiger partial charge is 0.490 e. The number of fused-ring (bicyclic) bond motifs is 1. The highest BCUT2D eigenvalue weighted by Gasteiger charge is 2.38. The number of hydrogen-bond acceptors (Lipinski definition) is 6. The molecular weight excluding hydrogens is 657 g/mol. The maximum atomic E-state index is 14.2. The number of imidazole rings is 1. The van der Waals surface area contributed by atoms with Gasteiger partial charge in [-0.2, -0.15) is 18.4 Å². The summed E-state index contributed by atoms with van der Waals surface area (Å²) in [4.78, 5) is 40.6. The molecule has 49 heavy (non-hydrogen) atoms. The molecular formula is C33H32F5N5O6. The summed E-state index contributed by atoms with van der Waals surface area (Å²) in [5.74, 6) is -4.53. The Morgan fingerprint density at radius 2 is 1.61 bits per heavy atom.